The van der Waals surface area contributed by atoms with Gasteiger partial charge in [-0.25, -0.2) is 0 Å². The molecule has 0 N–H and O–H groups in total. The van der Waals surface area contributed by atoms with E-state index < -0.39 is 0 Å². The largest absolute Gasteiger partial charge is 0.381 e. The second-order valence-electron chi connectivity index (χ2n) is 5.22. The molecular weight excluding hydrogens is 208 g/mol. The average Bonchev–Trinajstić information content (AvgIpc) is 2.94. The fourth-order valence-corrected chi connectivity index (χ4v) is 3.08. The molecule has 0 saturated carbocycles. The minimum absolute atomic E-state index is 0.728. The molecule has 1 aromatic carbocycles. The maximum atomic E-state index is 5.48. The van der Waals surface area contributed by atoms with Crippen molar-refractivity contribution >= 4 is 0 Å². The summed E-state index contributed by atoms with van der Waals surface area (Å²) in [6.45, 7) is 1.92. The van der Waals surface area contributed by atoms with Gasteiger partial charge in [-0.15, -0.1) is 0 Å². The van der Waals surface area contributed by atoms with Crippen molar-refractivity contribution in [2.45, 2.75) is 31.6 Å². The topological polar surface area (TPSA) is 9.23 Å². The summed E-state index contributed by atoms with van der Waals surface area (Å²) in [5, 5.41) is 0. The Kier molecular flexibility index (Phi) is 3.28. The quantitative estimate of drug-likeness (QED) is 0.697. The Balaban J connectivity index is 1.66. The van der Waals surface area contributed by atoms with E-state index in [0.29, 0.717) is 0 Å². The molecular formula is C16H20O. The molecule has 2 aliphatic rings. The number of hydrogen-bond acceptors (Lipinski definition) is 1. The van der Waals surface area contributed by atoms with Gasteiger partial charge in [-0.2, -0.15) is 0 Å². The molecule has 1 nitrogen and oxygen atoms in total. The SMILES string of the molecule is C1=C([C@H]2CCOC2)CCC(c2ccccc2)C1. The van der Waals surface area contributed by atoms with Gasteiger partial charge in [0.2, 0.25) is 0 Å². The zero-order chi connectivity index (χ0) is 11.5. The number of allylic oxidation sites excluding steroid dienone is 1. The third-order valence-corrected chi connectivity index (χ3v) is 4.17. The van der Waals surface area contributed by atoms with Crippen LogP contribution >= 0.6 is 0 Å². The Morgan fingerprint density at radius 1 is 1.00 bits per heavy atom. The highest BCUT2D eigenvalue weighted by molar-refractivity contribution is 5.24. The van der Waals surface area contributed by atoms with Crippen LogP contribution in [0.5, 0.6) is 0 Å². The highest BCUT2D eigenvalue weighted by atomic mass is 16.5. The highest BCUT2D eigenvalue weighted by Crippen LogP contribution is 2.36. The molecule has 3 rings (SSSR count). The second kappa shape index (κ2) is 5.05. The molecule has 90 valence electrons. The van der Waals surface area contributed by atoms with E-state index in [0.717, 1.165) is 25.0 Å². The predicted molar refractivity (Wildman–Crippen MR) is 70.0 cm³/mol. The van der Waals surface area contributed by atoms with Crippen LogP contribution in [0, 0.1) is 5.92 Å². The van der Waals surface area contributed by atoms with Gasteiger partial charge < -0.3 is 4.74 Å². The van der Waals surface area contributed by atoms with Crippen LogP contribution in [0.1, 0.15) is 37.2 Å². The Labute approximate surface area is 103 Å². The van der Waals surface area contributed by atoms with Crippen molar-refractivity contribution in [2.24, 2.45) is 5.92 Å². The predicted octanol–water partition coefficient (Wildman–Crippen LogP) is 3.92. The van der Waals surface area contributed by atoms with Gasteiger partial charge in [0, 0.05) is 12.5 Å². The summed E-state index contributed by atoms with van der Waals surface area (Å²) in [6.07, 6.45) is 7.53. The van der Waals surface area contributed by atoms with Crippen LogP contribution in [0.25, 0.3) is 0 Å². The lowest BCUT2D eigenvalue weighted by Gasteiger charge is -2.24. The lowest BCUT2D eigenvalue weighted by atomic mass is 9.80. The van der Waals surface area contributed by atoms with E-state index in [-0.39, 0.29) is 0 Å². The Bertz CT molecular complexity index is 387. The third-order valence-electron chi connectivity index (χ3n) is 4.17. The lowest BCUT2D eigenvalue weighted by Crippen LogP contribution is -2.11. The van der Waals surface area contributed by atoms with E-state index in [4.69, 9.17) is 4.74 Å². The maximum absolute atomic E-state index is 5.48. The molecule has 0 bridgehead atoms. The standard InChI is InChI=1S/C16H20O/c1-2-4-13(5-3-1)14-6-8-15(9-7-14)16-10-11-17-12-16/h1-5,8,14,16H,6-7,9-12H2/t14?,16-/m0/s1. The summed E-state index contributed by atoms with van der Waals surface area (Å²) >= 11 is 0. The zero-order valence-electron chi connectivity index (χ0n) is 10.3. The summed E-state index contributed by atoms with van der Waals surface area (Å²) in [4.78, 5) is 0. The van der Waals surface area contributed by atoms with Crippen LogP contribution in [0.15, 0.2) is 42.0 Å². The summed E-state index contributed by atoms with van der Waals surface area (Å²) in [6, 6.07) is 10.9. The van der Waals surface area contributed by atoms with Crippen LogP contribution < -0.4 is 0 Å². The van der Waals surface area contributed by atoms with E-state index in [1.54, 1.807) is 5.57 Å². The monoisotopic (exact) mass is 228 g/mol. The van der Waals surface area contributed by atoms with E-state index in [9.17, 15) is 0 Å². The van der Waals surface area contributed by atoms with Crippen molar-refractivity contribution in [3.05, 3.63) is 47.5 Å². The van der Waals surface area contributed by atoms with E-state index >= 15 is 0 Å². The van der Waals surface area contributed by atoms with Crippen molar-refractivity contribution in [1.29, 1.82) is 0 Å². The van der Waals surface area contributed by atoms with E-state index in [2.05, 4.69) is 36.4 Å². The van der Waals surface area contributed by atoms with Gasteiger partial charge in [-0.1, -0.05) is 42.0 Å². The lowest BCUT2D eigenvalue weighted by molar-refractivity contribution is 0.189. The van der Waals surface area contributed by atoms with Crippen molar-refractivity contribution in [2.75, 3.05) is 13.2 Å². The number of hydrogen-bond donors (Lipinski definition) is 0. The van der Waals surface area contributed by atoms with Crippen LogP contribution in [0.4, 0.5) is 0 Å². The molecule has 1 fully saturated rings. The van der Waals surface area contributed by atoms with Gasteiger partial charge >= 0.3 is 0 Å². The highest BCUT2D eigenvalue weighted by Gasteiger charge is 2.24. The average molecular weight is 228 g/mol. The number of rotatable bonds is 2. The van der Waals surface area contributed by atoms with Gasteiger partial charge in [0.1, 0.15) is 0 Å². The molecule has 0 aromatic heterocycles. The smallest absolute Gasteiger partial charge is 0.0532 e. The molecule has 0 amide bonds. The molecule has 2 atom stereocenters. The Morgan fingerprint density at radius 3 is 2.53 bits per heavy atom. The molecule has 1 heteroatoms. The van der Waals surface area contributed by atoms with Gasteiger partial charge in [0.25, 0.3) is 0 Å². The van der Waals surface area contributed by atoms with Gasteiger partial charge in [-0.05, 0) is 37.2 Å². The van der Waals surface area contributed by atoms with Gasteiger partial charge in [0.15, 0.2) is 0 Å². The molecule has 1 heterocycles. The summed E-state index contributed by atoms with van der Waals surface area (Å²) in [5.41, 5.74) is 3.17. The second-order valence-corrected chi connectivity index (χ2v) is 5.22. The first-order chi connectivity index (χ1) is 8.43. The first-order valence-electron chi connectivity index (χ1n) is 6.75. The van der Waals surface area contributed by atoms with Gasteiger partial charge in [-0.3, -0.25) is 0 Å². The van der Waals surface area contributed by atoms with Crippen molar-refractivity contribution in [3.63, 3.8) is 0 Å². The van der Waals surface area contributed by atoms with Crippen LogP contribution in [0.2, 0.25) is 0 Å². The minimum atomic E-state index is 0.728. The zero-order valence-corrected chi connectivity index (χ0v) is 10.3. The van der Waals surface area contributed by atoms with E-state index in [1.807, 2.05) is 0 Å². The van der Waals surface area contributed by atoms with Crippen LogP contribution in [-0.4, -0.2) is 13.2 Å². The molecule has 0 radical (unpaired) electrons. The van der Waals surface area contributed by atoms with E-state index in [1.165, 1.54) is 31.2 Å². The fraction of sp³-hybridized carbons (Fsp3) is 0.500. The minimum Gasteiger partial charge on any atom is -0.381 e. The Morgan fingerprint density at radius 2 is 1.88 bits per heavy atom. The van der Waals surface area contributed by atoms with Gasteiger partial charge in [0.05, 0.1) is 6.61 Å². The molecule has 1 aliphatic heterocycles. The van der Waals surface area contributed by atoms with Crippen molar-refractivity contribution < 1.29 is 4.74 Å². The molecule has 1 aromatic rings. The normalized spacial score (nSPS) is 29.1. The van der Waals surface area contributed by atoms with Crippen LogP contribution in [0.3, 0.4) is 0 Å². The van der Waals surface area contributed by atoms with Crippen molar-refractivity contribution in [3.8, 4) is 0 Å². The summed E-state index contributed by atoms with van der Waals surface area (Å²) in [7, 11) is 0. The fourth-order valence-electron chi connectivity index (χ4n) is 3.08. The summed E-state index contributed by atoms with van der Waals surface area (Å²) in [5.74, 6) is 1.47. The number of ether oxygens (including phenoxy) is 1. The number of benzene rings is 1. The molecule has 1 saturated heterocycles. The molecule has 1 aliphatic carbocycles. The molecule has 1 unspecified atom stereocenters. The summed E-state index contributed by atoms with van der Waals surface area (Å²) < 4.78 is 5.48. The van der Waals surface area contributed by atoms with Crippen molar-refractivity contribution in [1.82, 2.24) is 0 Å². The molecule has 0 spiro atoms. The first kappa shape index (κ1) is 11.0. The maximum Gasteiger partial charge on any atom is 0.0532 e. The van der Waals surface area contributed by atoms with Crippen LogP contribution in [-0.2, 0) is 4.74 Å². The first-order valence-corrected chi connectivity index (χ1v) is 6.75. The molecule has 17 heavy (non-hydrogen) atoms. The Hall–Kier alpha value is -1.08. The third kappa shape index (κ3) is 2.44.